The highest BCUT2D eigenvalue weighted by atomic mass is 32.2. The van der Waals surface area contributed by atoms with E-state index >= 15 is 0 Å². The zero-order chi connectivity index (χ0) is 14.0. The third-order valence-corrected chi connectivity index (χ3v) is 4.32. The zero-order valence-electron chi connectivity index (χ0n) is 11.0. The lowest BCUT2D eigenvalue weighted by Gasteiger charge is -2.18. The number of benzene rings is 2. The van der Waals surface area contributed by atoms with E-state index < -0.39 is 15.3 Å². The van der Waals surface area contributed by atoms with E-state index in [1.807, 2.05) is 50.2 Å². The maximum atomic E-state index is 11.9. The van der Waals surface area contributed by atoms with Gasteiger partial charge in [0, 0.05) is 0 Å². The monoisotopic (exact) mass is 275 g/mol. The largest absolute Gasteiger partial charge is 0.228 e. The van der Waals surface area contributed by atoms with Crippen molar-refractivity contribution in [3.63, 3.8) is 0 Å². The number of nitrogens with two attached hydrogens (primary N) is 1. The van der Waals surface area contributed by atoms with E-state index in [0.29, 0.717) is 5.56 Å². The molecule has 0 saturated heterocycles. The lowest BCUT2D eigenvalue weighted by molar-refractivity contribution is 0.590. The van der Waals surface area contributed by atoms with Crippen LogP contribution >= 0.6 is 0 Å². The minimum atomic E-state index is -3.71. The Morgan fingerprint density at radius 1 is 1.00 bits per heavy atom. The average Bonchev–Trinajstić information content (AvgIpc) is 2.32. The van der Waals surface area contributed by atoms with Crippen LogP contribution in [-0.4, -0.2) is 8.42 Å². The van der Waals surface area contributed by atoms with Crippen LogP contribution in [0.25, 0.3) is 0 Å². The molecule has 2 N–H and O–H groups in total. The van der Waals surface area contributed by atoms with Crippen molar-refractivity contribution in [2.24, 2.45) is 5.14 Å². The quantitative estimate of drug-likeness (QED) is 0.936. The van der Waals surface area contributed by atoms with Crippen LogP contribution in [0.15, 0.2) is 48.5 Å². The molecule has 4 heteroatoms. The summed E-state index contributed by atoms with van der Waals surface area (Å²) >= 11 is 0. The van der Waals surface area contributed by atoms with Crippen molar-refractivity contribution < 1.29 is 8.42 Å². The number of hydrogen-bond donors (Lipinski definition) is 1. The smallest absolute Gasteiger partial charge is 0.220 e. The topological polar surface area (TPSA) is 60.2 Å². The van der Waals surface area contributed by atoms with Gasteiger partial charge in [-0.1, -0.05) is 54.1 Å². The normalized spacial score (nSPS) is 13.2. The predicted molar refractivity (Wildman–Crippen MR) is 77.3 cm³/mol. The van der Waals surface area contributed by atoms with Crippen LogP contribution in [-0.2, 0) is 10.0 Å². The van der Waals surface area contributed by atoms with Crippen LogP contribution in [0.3, 0.4) is 0 Å². The summed E-state index contributed by atoms with van der Waals surface area (Å²) in [6, 6.07) is 14.8. The van der Waals surface area contributed by atoms with Crippen molar-refractivity contribution in [3.8, 4) is 0 Å². The van der Waals surface area contributed by atoms with Crippen molar-refractivity contribution in [1.29, 1.82) is 0 Å². The fourth-order valence-electron chi connectivity index (χ4n) is 2.29. The zero-order valence-corrected chi connectivity index (χ0v) is 11.8. The summed E-state index contributed by atoms with van der Waals surface area (Å²) in [6.07, 6.45) is 0. The summed E-state index contributed by atoms with van der Waals surface area (Å²) in [5, 5.41) is 4.61. The van der Waals surface area contributed by atoms with Gasteiger partial charge in [0.15, 0.2) is 0 Å². The summed E-state index contributed by atoms with van der Waals surface area (Å²) in [7, 11) is -3.71. The molecule has 0 radical (unpaired) electrons. The Morgan fingerprint density at radius 3 is 2.16 bits per heavy atom. The molecule has 0 aromatic heterocycles. The SMILES string of the molecule is Cc1ccc(C(c2ccccc2)S(N)(=O)=O)c(C)c1. The van der Waals surface area contributed by atoms with Crippen molar-refractivity contribution in [2.75, 3.05) is 0 Å². The molecule has 19 heavy (non-hydrogen) atoms. The van der Waals surface area contributed by atoms with Gasteiger partial charge in [-0.3, -0.25) is 0 Å². The van der Waals surface area contributed by atoms with E-state index in [4.69, 9.17) is 5.14 Å². The molecule has 0 amide bonds. The van der Waals surface area contributed by atoms with Crippen molar-refractivity contribution in [2.45, 2.75) is 19.1 Å². The molecule has 0 spiro atoms. The molecule has 0 fully saturated rings. The van der Waals surface area contributed by atoms with Crippen LogP contribution in [0.5, 0.6) is 0 Å². The maximum absolute atomic E-state index is 11.9. The second-order valence-electron chi connectivity index (χ2n) is 4.74. The Morgan fingerprint density at radius 2 is 1.63 bits per heavy atom. The molecule has 0 saturated carbocycles. The molecule has 0 aliphatic carbocycles. The van der Waals surface area contributed by atoms with Gasteiger partial charge in [0.1, 0.15) is 5.25 Å². The number of hydrogen-bond acceptors (Lipinski definition) is 2. The molecule has 0 heterocycles. The first-order valence-electron chi connectivity index (χ1n) is 6.03. The fourth-order valence-corrected chi connectivity index (χ4v) is 3.45. The van der Waals surface area contributed by atoms with Crippen LogP contribution in [0, 0.1) is 13.8 Å². The number of aryl methyl sites for hydroxylation is 2. The molecule has 1 unspecified atom stereocenters. The molecule has 3 nitrogen and oxygen atoms in total. The van der Waals surface area contributed by atoms with Gasteiger partial charge in [0.2, 0.25) is 10.0 Å². The lowest BCUT2D eigenvalue weighted by atomic mass is 9.98. The van der Waals surface area contributed by atoms with E-state index in [1.54, 1.807) is 12.1 Å². The Hall–Kier alpha value is -1.65. The van der Waals surface area contributed by atoms with Gasteiger partial charge in [-0.05, 0) is 30.5 Å². The molecule has 2 aromatic carbocycles. The van der Waals surface area contributed by atoms with E-state index in [2.05, 4.69) is 0 Å². The maximum Gasteiger partial charge on any atom is 0.220 e. The summed E-state index contributed by atoms with van der Waals surface area (Å²) in [5.74, 6) is 0. The Labute approximate surface area is 114 Å². The van der Waals surface area contributed by atoms with Gasteiger partial charge in [-0.2, -0.15) is 0 Å². The van der Waals surface area contributed by atoms with Crippen LogP contribution in [0.4, 0.5) is 0 Å². The highest BCUT2D eigenvalue weighted by molar-refractivity contribution is 7.89. The molecule has 0 aliphatic rings. The first kappa shape index (κ1) is 13.8. The molecule has 100 valence electrons. The first-order valence-corrected chi connectivity index (χ1v) is 7.64. The molecular weight excluding hydrogens is 258 g/mol. The number of primary sulfonamides is 1. The van der Waals surface area contributed by atoms with Crippen molar-refractivity contribution in [1.82, 2.24) is 0 Å². The van der Waals surface area contributed by atoms with Crippen molar-refractivity contribution >= 4 is 10.0 Å². The summed E-state index contributed by atoms with van der Waals surface area (Å²) in [6.45, 7) is 3.88. The van der Waals surface area contributed by atoms with E-state index in [-0.39, 0.29) is 0 Å². The summed E-state index contributed by atoms with van der Waals surface area (Å²) in [5.41, 5.74) is 3.46. The molecule has 2 aromatic rings. The lowest BCUT2D eigenvalue weighted by Crippen LogP contribution is -2.23. The Balaban J connectivity index is 2.63. The van der Waals surface area contributed by atoms with Gasteiger partial charge >= 0.3 is 0 Å². The second-order valence-corrected chi connectivity index (χ2v) is 6.39. The molecule has 1 atom stereocenters. The van der Waals surface area contributed by atoms with Gasteiger partial charge in [0.25, 0.3) is 0 Å². The summed E-state index contributed by atoms with van der Waals surface area (Å²) in [4.78, 5) is 0. The molecule has 2 rings (SSSR count). The van der Waals surface area contributed by atoms with Crippen LogP contribution in [0.1, 0.15) is 27.5 Å². The number of sulfonamides is 1. The predicted octanol–water partition coefficient (Wildman–Crippen LogP) is 2.68. The van der Waals surface area contributed by atoms with Gasteiger partial charge < -0.3 is 0 Å². The Kier molecular flexibility index (Phi) is 3.73. The average molecular weight is 275 g/mol. The van der Waals surface area contributed by atoms with Crippen LogP contribution < -0.4 is 5.14 Å². The van der Waals surface area contributed by atoms with E-state index in [0.717, 1.165) is 16.7 Å². The van der Waals surface area contributed by atoms with Gasteiger partial charge in [0.05, 0.1) is 0 Å². The number of rotatable bonds is 3. The third kappa shape index (κ3) is 3.03. The van der Waals surface area contributed by atoms with Gasteiger partial charge in [-0.15, -0.1) is 0 Å². The molecule has 0 bridgehead atoms. The first-order chi connectivity index (χ1) is 8.89. The van der Waals surface area contributed by atoms with Gasteiger partial charge in [-0.25, -0.2) is 13.6 Å². The standard InChI is InChI=1S/C15H17NO2S/c1-11-8-9-14(12(2)10-11)15(19(16,17)18)13-6-4-3-5-7-13/h3-10,15H,1-2H3,(H2,16,17,18). The Bertz CT molecular complexity index is 679. The minimum absolute atomic E-state index is 0.692. The molecule has 0 aliphatic heterocycles. The van der Waals surface area contributed by atoms with Crippen LogP contribution in [0.2, 0.25) is 0 Å². The highest BCUT2D eigenvalue weighted by Crippen LogP contribution is 2.30. The van der Waals surface area contributed by atoms with E-state index in [1.165, 1.54) is 0 Å². The minimum Gasteiger partial charge on any atom is -0.228 e. The third-order valence-electron chi connectivity index (χ3n) is 3.14. The fraction of sp³-hybridized carbons (Fsp3) is 0.200. The summed E-state index contributed by atoms with van der Waals surface area (Å²) < 4.78 is 23.9. The van der Waals surface area contributed by atoms with Crippen molar-refractivity contribution in [3.05, 3.63) is 70.8 Å². The van der Waals surface area contributed by atoms with E-state index in [9.17, 15) is 8.42 Å². The molecular formula is C15H17NO2S. The highest BCUT2D eigenvalue weighted by Gasteiger charge is 2.26. The second kappa shape index (κ2) is 5.15.